The average Bonchev–Trinajstić information content (AvgIpc) is 2.23. The first-order valence-electron chi connectivity index (χ1n) is 6.38. The topological polar surface area (TPSA) is 21.3 Å². The van der Waals surface area contributed by atoms with Crippen LogP contribution in [0, 0.1) is 0 Å². The molecule has 0 radical (unpaired) electrons. The van der Waals surface area contributed by atoms with Gasteiger partial charge >= 0.3 is 0 Å². The summed E-state index contributed by atoms with van der Waals surface area (Å²) in [7, 11) is -1.69. The Morgan fingerprint density at radius 1 is 1.28 bits per heavy atom. The molecule has 0 aromatic heterocycles. The highest BCUT2D eigenvalue weighted by atomic mass is 35.5. The van der Waals surface area contributed by atoms with Gasteiger partial charge in [0.1, 0.15) is 0 Å². The van der Waals surface area contributed by atoms with Gasteiger partial charge in [0.2, 0.25) is 8.32 Å². The van der Waals surface area contributed by atoms with Crippen molar-refractivity contribution in [1.82, 2.24) is 5.48 Å². The smallest absolute Gasteiger partial charge is 0.219 e. The lowest BCUT2D eigenvalue weighted by Crippen LogP contribution is -2.45. The lowest BCUT2D eigenvalue weighted by atomic mass is 10.2. The van der Waals surface area contributed by atoms with Crippen LogP contribution in [-0.4, -0.2) is 14.9 Å². The molecule has 0 amide bonds. The third-order valence-corrected chi connectivity index (χ3v) is 8.04. The molecule has 1 N–H and O–H groups in total. The largest absolute Gasteiger partial charge is 0.345 e. The fraction of sp³-hybridized carbons (Fsp3) is 0.571. The Labute approximate surface area is 117 Å². The van der Waals surface area contributed by atoms with Crippen LogP contribution in [0.2, 0.25) is 23.2 Å². The number of nitrogens with one attached hydrogen (secondary N) is 1. The van der Waals surface area contributed by atoms with Crippen LogP contribution in [0.5, 0.6) is 0 Å². The molecule has 18 heavy (non-hydrogen) atoms. The first-order chi connectivity index (χ1) is 8.22. The summed E-state index contributed by atoms with van der Waals surface area (Å²) in [6.07, 6.45) is 0.926. The highest BCUT2D eigenvalue weighted by Crippen LogP contribution is 2.35. The van der Waals surface area contributed by atoms with Crippen molar-refractivity contribution in [2.24, 2.45) is 0 Å². The van der Waals surface area contributed by atoms with E-state index in [4.69, 9.17) is 16.1 Å². The second-order valence-corrected chi connectivity index (χ2v) is 11.3. The minimum atomic E-state index is -1.69. The molecule has 102 valence electrons. The standard InChI is InChI=1S/C14H24ClNOSi/c1-14(2,3)18(4,5)17-16-10-9-12-7-6-8-13(15)11-12/h6-8,11,16H,9-10H2,1-5H3. The van der Waals surface area contributed by atoms with E-state index >= 15 is 0 Å². The van der Waals surface area contributed by atoms with Crippen LogP contribution in [0.3, 0.4) is 0 Å². The van der Waals surface area contributed by atoms with E-state index in [0.717, 1.165) is 18.0 Å². The number of hydrogen-bond donors (Lipinski definition) is 1. The highest BCUT2D eigenvalue weighted by molar-refractivity contribution is 6.74. The number of hydrogen-bond acceptors (Lipinski definition) is 2. The van der Waals surface area contributed by atoms with Crippen LogP contribution in [-0.2, 0) is 10.9 Å². The summed E-state index contributed by atoms with van der Waals surface area (Å²) in [6, 6.07) is 7.95. The number of benzene rings is 1. The number of rotatable bonds is 5. The molecule has 0 bridgehead atoms. The quantitative estimate of drug-likeness (QED) is 0.492. The van der Waals surface area contributed by atoms with Crippen molar-refractivity contribution < 1.29 is 4.53 Å². The molecular weight excluding hydrogens is 262 g/mol. The normalized spacial score (nSPS) is 12.8. The van der Waals surface area contributed by atoms with E-state index in [0.29, 0.717) is 0 Å². The van der Waals surface area contributed by atoms with Crippen molar-refractivity contribution in [3.05, 3.63) is 34.9 Å². The second-order valence-electron chi connectivity index (χ2n) is 6.14. The van der Waals surface area contributed by atoms with Crippen LogP contribution < -0.4 is 5.48 Å². The molecule has 0 spiro atoms. The third-order valence-electron chi connectivity index (χ3n) is 3.54. The summed E-state index contributed by atoms with van der Waals surface area (Å²) >= 11 is 5.95. The predicted molar refractivity (Wildman–Crippen MR) is 81.4 cm³/mol. The Kier molecular flexibility index (Phi) is 5.41. The SMILES string of the molecule is CC(C)(C)[Si](C)(C)ONCCc1cccc(Cl)c1. The van der Waals surface area contributed by atoms with Crippen molar-refractivity contribution in [2.45, 2.75) is 45.3 Å². The maximum absolute atomic E-state index is 5.95. The summed E-state index contributed by atoms with van der Waals surface area (Å²) < 4.78 is 5.90. The maximum Gasteiger partial charge on any atom is 0.219 e. The number of halogens is 1. The van der Waals surface area contributed by atoms with E-state index in [2.05, 4.69) is 45.4 Å². The van der Waals surface area contributed by atoms with Gasteiger partial charge in [-0.05, 0) is 42.2 Å². The monoisotopic (exact) mass is 285 g/mol. The van der Waals surface area contributed by atoms with E-state index in [1.165, 1.54) is 5.56 Å². The first-order valence-corrected chi connectivity index (χ1v) is 9.66. The van der Waals surface area contributed by atoms with Gasteiger partial charge in [0.05, 0.1) is 0 Å². The fourth-order valence-corrected chi connectivity index (χ4v) is 2.25. The van der Waals surface area contributed by atoms with Crippen molar-refractivity contribution in [3.63, 3.8) is 0 Å². The van der Waals surface area contributed by atoms with Gasteiger partial charge in [-0.15, -0.1) is 0 Å². The Balaban J connectivity index is 2.35. The van der Waals surface area contributed by atoms with E-state index in [9.17, 15) is 0 Å². The van der Waals surface area contributed by atoms with Gasteiger partial charge in [0.15, 0.2) is 0 Å². The predicted octanol–water partition coefficient (Wildman–Crippen LogP) is 4.41. The minimum Gasteiger partial charge on any atom is -0.345 e. The summed E-state index contributed by atoms with van der Waals surface area (Å²) in [5, 5.41) is 1.02. The van der Waals surface area contributed by atoms with E-state index in [1.54, 1.807) is 0 Å². The fourth-order valence-electron chi connectivity index (χ4n) is 1.27. The summed E-state index contributed by atoms with van der Waals surface area (Å²) in [5.41, 5.74) is 4.35. The van der Waals surface area contributed by atoms with Crippen LogP contribution >= 0.6 is 11.6 Å². The molecule has 0 fully saturated rings. The molecule has 2 nitrogen and oxygen atoms in total. The van der Waals surface area contributed by atoms with Gasteiger partial charge in [-0.3, -0.25) is 0 Å². The van der Waals surface area contributed by atoms with Crippen molar-refractivity contribution >= 4 is 19.9 Å². The average molecular weight is 286 g/mol. The summed E-state index contributed by atoms with van der Waals surface area (Å²) in [4.78, 5) is 0. The number of hydroxylamine groups is 1. The highest BCUT2D eigenvalue weighted by Gasteiger charge is 2.37. The molecule has 0 heterocycles. The van der Waals surface area contributed by atoms with Gasteiger partial charge < -0.3 is 4.53 Å². The Hall–Kier alpha value is -0.353. The molecule has 1 aromatic rings. The Morgan fingerprint density at radius 3 is 2.50 bits per heavy atom. The summed E-state index contributed by atoms with van der Waals surface area (Å²) in [6.45, 7) is 12.0. The van der Waals surface area contributed by atoms with Crippen LogP contribution in [0.1, 0.15) is 26.3 Å². The van der Waals surface area contributed by atoms with Crippen LogP contribution in [0.4, 0.5) is 0 Å². The van der Waals surface area contributed by atoms with E-state index < -0.39 is 8.32 Å². The second kappa shape index (κ2) is 6.20. The Morgan fingerprint density at radius 2 is 1.94 bits per heavy atom. The first kappa shape index (κ1) is 15.7. The zero-order valence-electron chi connectivity index (χ0n) is 12.0. The van der Waals surface area contributed by atoms with Gasteiger partial charge in [0, 0.05) is 11.6 Å². The molecule has 0 saturated heterocycles. The van der Waals surface area contributed by atoms with Crippen molar-refractivity contribution in [3.8, 4) is 0 Å². The molecule has 0 aliphatic carbocycles. The molecule has 0 saturated carbocycles. The lowest BCUT2D eigenvalue weighted by Gasteiger charge is -2.35. The van der Waals surface area contributed by atoms with Crippen molar-refractivity contribution in [1.29, 1.82) is 0 Å². The van der Waals surface area contributed by atoms with Crippen molar-refractivity contribution in [2.75, 3.05) is 6.54 Å². The Bertz CT molecular complexity index is 388. The third kappa shape index (κ3) is 4.73. The molecule has 0 unspecified atom stereocenters. The minimum absolute atomic E-state index is 0.232. The van der Waals surface area contributed by atoms with Gasteiger partial charge in [0.25, 0.3) is 0 Å². The molecular formula is C14H24ClNOSi. The van der Waals surface area contributed by atoms with E-state index in [1.807, 2.05) is 18.2 Å². The molecule has 4 heteroatoms. The lowest BCUT2D eigenvalue weighted by molar-refractivity contribution is 0.175. The van der Waals surface area contributed by atoms with Crippen LogP contribution in [0.15, 0.2) is 24.3 Å². The molecule has 0 atom stereocenters. The van der Waals surface area contributed by atoms with Gasteiger partial charge in [-0.25, -0.2) is 5.48 Å². The summed E-state index contributed by atoms with van der Waals surface area (Å²) in [5.74, 6) is 0. The van der Waals surface area contributed by atoms with Crippen LogP contribution in [0.25, 0.3) is 0 Å². The maximum atomic E-state index is 5.95. The molecule has 1 rings (SSSR count). The molecule has 1 aromatic carbocycles. The molecule has 0 aliphatic rings. The van der Waals surface area contributed by atoms with Gasteiger partial charge in [-0.1, -0.05) is 44.5 Å². The van der Waals surface area contributed by atoms with Gasteiger partial charge in [-0.2, -0.15) is 0 Å². The zero-order chi connectivity index (χ0) is 13.8. The molecule has 0 aliphatic heterocycles. The van der Waals surface area contributed by atoms with E-state index in [-0.39, 0.29) is 5.04 Å². The zero-order valence-corrected chi connectivity index (χ0v) is 13.8.